The highest BCUT2D eigenvalue weighted by Gasteiger charge is 2.23. The molecule has 1 aromatic heterocycles. The van der Waals surface area contributed by atoms with Gasteiger partial charge in [-0.2, -0.15) is 26.3 Å². The van der Waals surface area contributed by atoms with Crippen molar-refractivity contribution in [2.24, 2.45) is 20.5 Å². The smallest absolute Gasteiger partial charge is 0.295 e. The molecule has 0 saturated heterocycles. The minimum atomic E-state index is -4.97. The Bertz CT molecular complexity index is 2630. The molecule has 254 valence electrons. The number of nitrogens with one attached hydrogen (secondary N) is 1. The molecule has 3 N–H and O–H groups in total. The maximum Gasteiger partial charge on any atom is 0.295 e. The maximum atomic E-state index is 13.6. The van der Waals surface area contributed by atoms with Crippen molar-refractivity contribution < 1.29 is 34.7 Å². The van der Waals surface area contributed by atoms with Crippen LogP contribution >= 0.6 is 0 Å². The molecule has 50 heavy (non-hydrogen) atoms. The van der Waals surface area contributed by atoms with Gasteiger partial charge in [-0.05, 0) is 91.9 Å². The van der Waals surface area contributed by atoms with Crippen molar-refractivity contribution in [1.82, 2.24) is 4.98 Å². The van der Waals surface area contributed by atoms with Gasteiger partial charge >= 0.3 is 0 Å². The molecule has 0 atom stereocenters. The predicted molar refractivity (Wildman–Crippen MR) is 184 cm³/mol. The van der Waals surface area contributed by atoms with Crippen molar-refractivity contribution >= 4 is 76.0 Å². The summed E-state index contributed by atoms with van der Waals surface area (Å²) in [5.41, 5.74) is 4.10. The molecular formula is C34H26F2N6O6S2. The number of halogens is 2. The van der Waals surface area contributed by atoms with Crippen LogP contribution in [0.1, 0.15) is 16.7 Å². The number of aromatic nitrogens is 1. The second-order valence-corrected chi connectivity index (χ2v) is 14.2. The number of pyridine rings is 1. The SMILES string of the molecule is Cc1ccc2c(N=Nc3ccc(Nc4cc(F)cc(F)n4)cc3C)ccc(N=Nc3ccc(C)c4cc(S(=O)(=O)O)cc(S(=O)(=O)O)c34)c2c1. The molecule has 0 saturated carbocycles. The van der Waals surface area contributed by atoms with E-state index in [9.17, 15) is 34.7 Å². The molecule has 6 rings (SSSR count). The minimum Gasteiger partial charge on any atom is -0.340 e. The van der Waals surface area contributed by atoms with Crippen molar-refractivity contribution in [3.05, 3.63) is 113 Å². The summed E-state index contributed by atoms with van der Waals surface area (Å²) in [4.78, 5) is 2.17. The second-order valence-electron chi connectivity index (χ2n) is 11.4. The van der Waals surface area contributed by atoms with E-state index in [-0.39, 0.29) is 22.3 Å². The summed E-state index contributed by atoms with van der Waals surface area (Å²) in [6.07, 6.45) is 0. The minimum absolute atomic E-state index is 0.0102. The van der Waals surface area contributed by atoms with Crippen LogP contribution in [0.2, 0.25) is 0 Å². The van der Waals surface area contributed by atoms with Crippen LogP contribution in [-0.2, 0) is 20.2 Å². The van der Waals surface area contributed by atoms with E-state index in [2.05, 4.69) is 30.8 Å². The molecule has 0 bridgehead atoms. The van der Waals surface area contributed by atoms with Crippen LogP contribution in [0.4, 0.5) is 43.0 Å². The molecule has 0 fully saturated rings. The fraction of sp³-hybridized carbons (Fsp3) is 0.0882. The van der Waals surface area contributed by atoms with Crippen molar-refractivity contribution in [3.63, 3.8) is 0 Å². The summed E-state index contributed by atoms with van der Waals surface area (Å²) in [6.45, 7) is 5.30. The van der Waals surface area contributed by atoms with Crippen molar-refractivity contribution in [1.29, 1.82) is 0 Å². The normalized spacial score (nSPS) is 12.5. The molecule has 0 unspecified atom stereocenters. The predicted octanol–water partition coefficient (Wildman–Crippen LogP) is 9.66. The van der Waals surface area contributed by atoms with Crippen LogP contribution in [0.5, 0.6) is 0 Å². The van der Waals surface area contributed by atoms with Crippen LogP contribution in [0.15, 0.2) is 115 Å². The topological polar surface area (TPSA) is 183 Å². The number of rotatable bonds is 8. The largest absolute Gasteiger partial charge is 0.340 e. The molecule has 5 aromatic carbocycles. The maximum absolute atomic E-state index is 13.6. The quantitative estimate of drug-likeness (QED) is 0.0790. The molecule has 0 radical (unpaired) electrons. The lowest BCUT2D eigenvalue weighted by molar-refractivity contribution is 0.482. The highest BCUT2D eigenvalue weighted by atomic mass is 32.2. The number of hydrogen-bond acceptors (Lipinski definition) is 10. The molecule has 12 nitrogen and oxygen atoms in total. The first-order valence-electron chi connectivity index (χ1n) is 14.7. The standard InChI is InChI=1S/C34H26F2N6O6S2/c1-18-4-7-24-26(12-18)29(41-42-30-8-5-19(2)25-16-23(49(43,44)45)17-31(34(25)30)50(46,47)48)11-10-28(24)40-39-27-9-6-22(13-20(27)3)37-33-15-21(35)14-32(36)38-33/h4-17H,1-3H3,(H,37,38)(H,43,44,45)(H,46,47,48). The van der Waals surface area contributed by atoms with E-state index >= 15 is 0 Å². The van der Waals surface area contributed by atoms with E-state index in [0.717, 1.165) is 23.3 Å². The summed E-state index contributed by atoms with van der Waals surface area (Å²) in [7, 11) is -9.78. The highest BCUT2D eigenvalue weighted by Crippen LogP contribution is 2.40. The van der Waals surface area contributed by atoms with Gasteiger partial charge in [-0.25, -0.2) is 9.37 Å². The summed E-state index contributed by atoms with van der Waals surface area (Å²) in [6, 6.07) is 20.6. The van der Waals surface area contributed by atoms with Gasteiger partial charge < -0.3 is 5.32 Å². The summed E-state index contributed by atoms with van der Waals surface area (Å²) in [5.74, 6) is -1.70. The van der Waals surface area contributed by atoms with Crippen LogP contribution in [0, 0.1) is 32.5 Å². The Hall–Kier alpha value is -5.55. The van der Waals surface area contributed by atoms with Crippen LogP contribution < -0.4 is 5.32 Å². The van der Waals surface area contributed by atoms with Gasteiger partial charge in [0.05, 0.1) is 27.6 Å². The van der Waals surface area contributed by atoms with Gasteiger partial charge in [0.2, 0.25) is 5.95 Å². The van der Waals surface area contributed by atoms with E-state index in [1.54, 1.807) is 50.2 Å². The molecule has 0 aliphatic heterocycles. The summed E-state index contributed by atoms with van der Waals surface area (Å²) < 4.78 is 95.2. The zero-order chi connectivity index (χ0) is 36.0. The Morgan fingerprint density at radius 2 is 1.26 bits per heavy atom. The Kier molecular flexibility index (Phi) is 8.96. The molecule has 0 spiro atoms. The van der Waals surface area contributed by atoms with Crippen LogP contribution in [0.25, 0.3) is 21.5 Å². The third kappa shape index (κ3) is 7.23. The first kappa shape index (κ1) is 34.3. The summed E-state index contributed by atoms with van der Waals surface area (Å²) in [5, 5.41) is 21.8. The summed E-state index contributed by atoms with van der Waals surface area (Å²) >= 11 is 0. The van der Waals surface area contributed by atoms with E-state index in [1.165, 1.54) is 6.07 Å². The van der Waals surface area contributed by atoms with E-state index in [4.69, 9.17) is 0 Å². The van der Waals surface area contributed by atoms with Gasteiger partial charge in [-0.3, -0.25) is 9.11 Å². The zero-order valence-electron chi connectivity index (χ0n) is 26.4. The number of azo groups is 2. The highest BCUT2D eigenvalue weighted by molar-refractivity contribution is 7.86. The lowest BCUT2D eigenvalue weighted by atomic mass is 10.0. The average Bonchev–Trinajstić information content (AvgIpc) is 3.02. The van der Waals surface area contributed by atoms with Gasteiger partial charge in [0.1, 0.15) is 16.5 Å². The molecule has 0 aliphatic carbocycles. The Morgan fingerprint density at radius 3 is 1.92 bits per heavy atom. The van der Waals surface area contributed by atoms with Gasteiger partial charge in [0, 0.05) is 34.0 Å². The Balaban J connectivity index is 1.37. The van der Waals surface area contributed by atoms with Gasteiger partial charge in [-0.1, -0.05) is 23.8 Å². The lowest BCUT2D eigenvalue weighted by Gasteiger charge is -2.11. The Labute approximate surface area is 284 Å². The van der Waals surface area contributed by atoms with Crippen LogP contribution in [-0.4, -0.2) is 30.9 Å². The number of aryl methyl sites for hydroxylation is 3. The average molecular weight is 717 g/mol. The number of nitrogens with zero attached hydrogens (tertiary/aromatic N) is 5. The van der Waals surface area contributed by atoms with Gasteiger partial charge in [0.25, 0.3) is 20.2 Å². The lowest BCUT2D eigenvalue weighted by Crippen LogP contribution is -2.05. The number of benzene rings is 5. The number of hydrogen-bond donors (Lipinski definition) is 3. The molecule has 6 aromatic rings. The van der Waals surface area contributed by atoms with Crippen LogP contribution in [0.3, 0.4) is 0 Å². The van der Waals surface area contributed by atoms with E-state index in [1.807, 2.05) is 25.1 Å². The molecule has 0 amide bonds. The second kappa shape index (κ2) is 13.1. The molecule has 0 aliphatic rings. The fourth-order valence-electron chi connectivity index (χ4n) is 5.32. The van der Waals surface area contributed by atoms with Gasteiger partial charge in [-0.15, -0.1) is 15.3 Å². The third-order valence-corrected chi connectivity index (χ3v) is 9.42. The molecule has 1 heterocycles. The van der Waals surface area contributed by atoms with Crippen molar-refractivity contribution in [3.8, 4) is 0 Å². The number of anilines is 2. The first-order valence-corrected chi connectivity index (χ1v) is 17.5. The Morgan fingerprint density at radius 1 is 0.620 bits per heavy atom. The monoisotopic (exact) mass is 716 g/mol. The van der Waals surface area contributed by atoms with Gasteiger partial charge in [0.15, 0.2) is 0 Å². The fourth-order valence-corrected chi connectivity index (χ4v) is 6.68. The first-order chi connectivity index (χ1) is 23.6. The molecule has 16 heteroatoms. The van der Waals surface area contributed by atoms with Crippen molar-refractivity contribution in [2.75, 3.05) is 5.32 Å². The van der Waals surface area contributed by atoms with E-state index < -0.39 is 41.8 Å². The zero-order valence-corrected chi connectivity index (χ0v) is 28.1. The number of fused-ring (bicyclic) bond motifs is 2. The van der Waals surface area contributed by atoms with E-state index in [0.29, 0.717) is 51.2 Å². The third-order valence-electron chi connectivity index (χ3n) is 7.71. The van der Waals surface area contributed by atoms with Crippen molar-refractivity contribution in [2.45, 2.75) is 30.6 Å². The molecular weight excluding hydrogens is 691 g/mol.